The van der Waals surface area contributed by atoms with Crippen molar-refractivity contribution in [3.8, 4) is 0 Å². The van der Waals surface area contributed by atoms with Gasteiger partial charge in [-0.2, -0.15) is 0 Å². The highest BCUT2D eigenvalue weighted by atomic mass is 16.5. The molecule has 136 valence electrons. The van der Waals surface area contributed by atoms with Gasteiger partial charge in [0, 0.05) is 31.7 Å². The largest absolute Gasteiger partial charge is 0.361 e. The van der Waals surface area contributed by atoms with Gasteiger partial charge in [-0.05, 0) is 25.5 Å². The lowest BCUT2D eigenvalue weighted by molar-refractivity contribution is -0.149. The van der Waals surface area contributed by atoms with Gasteiger partial charge in [-0.1, -0.05) is 18.2 Å². The fourth-order valence-corrected chi connectivity index (χ4v) is 3.96. The van der Waals surface area contributed by atoms with Crippen LogP contribution in [0.2, 0.25) is 0 Å². The van der Waals surface area contributed by atoms with Gasteiger partial charge in [0.25, 0.3) is 11.8 Å². The summed E-state index contributed by atoms with van der Waals surface area (Å²) in [6.45, 7) is 3.00. The van der Waals surface area contributed by atoms with Crippen LogP contribution in [-0.2, 0) is 16.6 Å². The van der Waals surface area contributed by atoms with E-state index in [2.05, 4.69) is 4.98 Å². The molecule has 2 fully saturated rings. The van der Waals surface area contributed by atoms with Crippen LogP contribution >= 0.6 is 0 Å². The molecule has 1 aromatic carbocycles. The molecular weight excluding hydrogens is 332 g/mol. The second-order valence-electron chi connectivity index (χ2n) is 7.09. The maximum absolute atomic E-state index is 12.8. The van der Waals surface area contributed by atoms with Gasteiger partial charge in [0.1, 0.15) is 12.2 Å². The number of hydrogen-bond donors (Lipinski definition) is 0. The van der Waals surface area contributed by atoms with Crippen molar-refractivity contribution in [1.82, 2.24) is 14.5 Å². The Morgan fingerprint density at radius 2 is 2.08 bits per heavy atom. The number of amides is 2. The third-order valence-electron chi connectivity index (χ3n) is 5.32. The molecule has 4 rings (SSSR count). The highest BCUT2D eigenvalue weighted by molar-refractivity contribution is 5.96. The first-order chi connectivity index (χ1) is 12.5. The second kappa shape index (κ2) is 6.25. The number of ether oxygens (including phenoxy) is 1. The third kappa shape index (κ3) is 2.68. The molecule has 2 saturated heterocycles. The monoisotopic (exact) mass is 354 g/mol. The van der Waals surface area contributed by atoms with Crippen LogP contribution in [-0.4, -0.2) is 57.6 Å². The Hall–Kier alpha value is -2.67. The first-order valence-corrected chi connectivity index (χ1v) is 8.77. The van der Waals surface area contributed by atoms with Crippen LogP contribution in [0.25, 0.3) is 0 Å². The number of rotatable bonds is 2. The Morgan fingerprint density at radius 3 is 2.77 bits per heavy atom. The van der Waals surface area contributed by atoms with Crippen LogP contribution in [0.15, 0.2) is 42.7 Å². The molecule has 0 N–H and O–H groups in total. The molecule has 3 heterocycles. The van der Waals surface area contributed by atoms with Crippen LogP contribution in [0.1, 0.15) is 24.0 Å². The molecular formula is C19H22N4O3. The molecule has 0 unspecified atom stereocenters. The zero-order valence-electron chi connectivity index (χ0n) is 15.0. The first-order valence-electron chi connectivity index (χ1n) is 8.77. The smallest absolute Gasteiger partial charge is 0.289 e. The summed E-state index contributed by atoms with van der Waals surface area (Å²) in [4.78, 5) is 33.1. The Morgan fingerprint density at radius 1 is 1.31 bits per heavy atom. The van der Waals surface area contributed by atoms with Gasteiger partial charge in [-0.3, -0.25) is 9.59 Å². The number of likely N-dealkylation sites (tertiary alicyclic amines) is 1. The van der Waals surface area contributed by atoms with E-state index in [1.807, 2.05) is 49.2 Å². The summed E-state index contributed by atoms with van der Waals surface area (Å²) in [6.07, 6.45) is 4.04. The molecule has 2 atom stereocenters. The predicted octanol–water partition coefficient (Wildman–Crippen LogP) is 1.46. The summed E-state index contributed by atoms with van der Waals surface area (Å²) in [5.41, 5.74) is 0.268. The summed E-state index contributed by atoms with van der Waals surface area (Å²) < 4.78 is 7.67. The number of benzene rings is 1. The van der Waals surface area contributed by atoms with Crippen LogP contribution in [0.4, 0.5) is 5.69 Å². The van der Waals surface area contributed by atoms with E-state index in [-0.39, 0.29) is 24.5 Å². The highest BCUT2D eigenvalue weighted by Crippen LogP contribution is 2.36. The number of carbonyl (C=O) groups excluding carboxylic acids is 2. The maximum atomic E-state index is 12.8. The molecule has 7 nitrogen and oxygen atoms in total. The predicted molar refractivity (Wildman–Crippen MR) is 95.8 cm³/mol. The fourth-order valence-electron chi connectivity index (χ4n) is 3.96. The van der Waals surface area contributed by atoms with E-state index >= 15 is 0 Å². The zero-order chi connectivity index (χ0) is 18.3. The molecule has 0 saturated carbocycles. The zero-order valence-corrected chi connectivity index (χ0v) is 15.0. The van der Waals surface area contributed by atoms with E-state index in [1.54, 1.807) is 21.9 Å². The number of piperidine rings is 1. The van der Waals surface area contributed by atoms with Crippen molar-refractivity contribution in [2.24, 2.45) is 7.05 Å². The number of fused-ring (bicyclic) bond motifs is 1. The molecule has 0 radical (unpaired) electrons. The number of aromatic nitrogens is 2. The van der Waals surface area contributed by atoms with Crippen molar-refractivity contribution in [3.05, 3.63) is 48.5 Å². The summed E-state index contributed by atoms with van der Waals surface area (Å²) >= 11 is 0. The van der Waals surface area contributed by atoms with Crippen LogP contribution < -0.4 is 4.90 Å². The molecule has 2 aliphatic heterocycles. The van der Waals surface area contributed by atoms with Crippen LogP contribution in [0, 0.1) is 0 Å². The summed E-state index contributed by atoms with van der Waals surface area (Å²) in [5.74, 6) is 0.269. The molecule has 26 heavy (non-hydrogen) atoms. The van der Waals surface area contributed by atoms with Gasteiger partial charge in [0.15, 0.2) is 5.82 Å². The summed E-state index contributed by atoms with van der Waals surface area (Å²) in [5, 5.41) is 0. The molecule has 0 spiro atoms. The topological polar surface area (TPSA) is 67.7 Å². The van der Waals surface area contributed by atoms with Crippen LogP contribution in [0.3, 0.4) is 0 Å². The lowest BCUT2D eigenvalue weighted by Gasteiger charge is -2.52. The minimum atomic E-state index is -0.608. The van der Waals surface area contributed by atoms with Gasteiger partial charge in [-0.25, -0.2) is 4.98 Å². The van der Waals surface area contributed by atoms with Crippen LogP contribution in [0.5, 0.6) is 0 Å². The maximum Gasteiger partial charge on any atom is 0.289 e. The summed E-state index contributed by atoms with van der Waals surface area (Å²) in [7, 11) is 1.81. The van der Waals surface area contributed by atoms with Crippen molar-refractivity contribution in [1.29, 1.82) is 0 Å². The highest BCUT2D eigenvalue weighted by Gasteiger charge is 2.50. The van der Waals surface area contributed by atoms with Gasteiger partial charge < -0.3 is 19.1 Å². The van der Waals surface area contributed by atoms with Gasteiger partial charge in [0.05, 0.1) is 12.6 Å². The van der Waals surface area contributed by atoms with Gasteiger partial charge in [-0.15, -0.1) is 0 Å². The van der Waals surface area contributed by atoms with Crippen molar-refractivity contribution < 1.29 is 14.3 Å². The van der Waals surface area contributed by atoms with E-state index in [1.165, 1.54) is 0 Å². The molecule has 2 amide bonds. The minimum absolute atomic E-state index is 0.0202. The Kier molecular flexibility index (Phi) is 4.03. The Labute approximate surface area is 152 Å². The lowest BCUT2D eigenvalue weighted by atomic mass is 9.85. The quantitative estimate of drug-likeness (QED) is 0.819. The number of aryl methyl sites for hydroxylation is 1. The van der Waals surface area contributed by atoms with E-state index in [0.717, 1.165) is 5.69 Å². The molecule has 2 aliphatic rings. The number of anilines is 1. The van der Waals surface area contributed by atoms with Crippen molar-refractivity contribution >= 4 is 17.5 Å². The Balaban J connectivity index is 1.60. The number of nitrogens with zero attached hydrogens (tertiary/aromatic N) is 4. The average Bonchev–Trinajstić information content (AvgIpc) is 3.07. The van der Waals surface area contributed by atoms with Gasteiger partial charge in [0.2, 0.25) is 0 Å². The van der Waals surface area contributed by atoms with E-state index < -0.39 is 5.60 Å². The molecule has 2 aromatic rings. The van der Waals surface area contributed by atoms with Gasteiger partial charge >= 0.3 is 0 Å². The van der Waals surface area contributed by atoms with Crippen molar-refractivity contribution in [3.63, 3.8) is 0 Å². The average molecular weight is 354 g/mol. The number of carbonyl (C=O) groups is 2. The fraction of sp³-hybridized carbons (Fsp3) is 0.421. The lowest BCUT2D eigenvalue weighted by Crippen LogP contribution is -2.68. The normalized spacial score (nSPS) is 25.9. The molecule has 0 bridgehead atoms. The number of imidazole rings is 1. The second-order valence-corrected chi connectivity index (χ2v) is 7.09. The number of para-hydroxylation sites is 1. The molecule has 7 heteroatoms. The molecule has 0 aliphatic carbocycles. The van der Waals surface area contributed by atoms with E-state index in [4.69, 9.17) is 4.74 Å². The van der Waals surface area contributed by atoms with E-state index in [0.29, 0.717) is 25.3 Å². The number of hydrogen-bond acceptors (Lipinski definition) is 4. The van der Waals surface area contributed by atoms with Crippen molar-refractivity contribution in [2.45, 2.75) is 25.0 Å². The molecule has 1 aromatic heterocycles. The van der Waals surface area contributed by atoms with Crippen molar-refractivity contribution in [2.75, 3.05) is 24.6 Å². The summed E-state index contributed by atoms with van der Waals surface area (Å²) in [6, 6.07) is 9.56. The third-order valence-corrected chi connectivity index (χ3v) is 5.32. The van der Waals surface area contributed by atoms with E-state index in [9.17, 15) is 9.59 Å². The first kappa shape index (κ1) is 16.8. The Bertz CT molecular complexity index is 834. The SMILES string of the molecule is Cn1ccnc1C(=O)N1CC[C@H]2N(c3ccccc3)C(=O)CO[C@]2(C)C1. The minimum Gasteiger partial charge on any atom is -0.361 e. The number of morpholine rings is 1. The standard InChI is InChI=1S/C19H22N4O3/c1-19-13-22(18(25)17-20-9-11-21(17)2)10-8-15(19)23(16(24)12-26-19)14-6-4-3-5-7-14/h3-7,9,11,15H,8,10,12-13H2,1-2H3/t15-,19-/m1/s1.